The smallest absolute Gasteiger partial charge is 0.243 e. The summed E-state index contributed by atoms with van der Waals surface area (Å²) in [5, 5.41) is 8.65. The van der Waals surface area contributed by atoms with Gasteiger partial charge in [0.05, 0.1) is 16.2 Å². The number of hydrogen-bond donors (Lipinski definition) is 0. The first kappa shape index (κ1) is 23.4. The second-order valence-electron chi connectivity index (χ2n) is 7.73. The SMILES string of the molecule is Cc1ccc(S(=O)(=O)N2CCN(C(=O)CSc3nnc(-c4ccccc4F)n3C)CC2)cc1. The van der Waals surface area contributed by atoms with Gasteiger partial charge < -0.3 is 9.47 Å². The molecule has 8 nitrogen and oxygen atoms in total. The van der Waals surface area contributed by atoms with E-state index in [1.807, 2.05) is 6.92 Å². The maximum Gasteiger partial charge on any atom is 0.243 e. The Morgan fingerprint density at radius 1 is 1.03 bits per heavy atom. The van der Waals surface area contributed by atoms with Gasteiger partial charge in [-0.25, -0.2) is 12.8 Å². The van der Waals surface area contributed by atoms with Gasteiger partial charge in [-0.1, -0.05) is 41.6 Å². The minimum atomic E-state index is -3.58. The molecule has 1 aromatic heterocycles. The molecular weight excluding hydrogens is 465 g/mol. The number of aryl methyl sites for hydroxylation is 1. The average Bonchev–Trinajstić information content (AvgIpc) is 3.18. The van der Waals surface area contributed by atoms with Crippen molar-refractivity contribution < 1.29 is 17.6 Å². The van der Waals surface area contributed by atoms with E-state index in [0.29, 0.717) is 29.6 Å². The number of carbonyl (C=O) groups is 1. The third kappa shape index (κ3) is 4.94. The van der Waals surface area contributed by atoms with Gasteiger partial charge in [-0.05, 0) is 31.2 Å². The maximum absolute atomic E-state index is 14.1. The van der Waals surface area contributed by atoms with Crippen LogP contribution in [0, 0.1) is 12.7 Å². The predicted molar refractivity (Wildman–Crippen MR) is 124 cm³/mol. The van der Waals surface area contributed by atoms with E-state index < -0.39 is 10.0 Å². The third-order valence-electron chi connectivity index (χ3n) is 5.52. The van der Waals surface area contributed by atoms with E-state index in [1.54, 1.807) is 59.0 Å². The fourth-order valence-corrected chi connectivity index (χ4v) is 5.81. The van der Waals surface area contributed by atoms with Crippen molar-refractivity contribution in [2.24, 2.45) is 7.05 Å². The molecule has 0 unspecified atom stereocenters. The van der Waals surface area contributed by atoms with Crippen LogP contribution in [-0.2, 0) is 21.9 Å². The molecule has 2 aromatic carbocycles. The fourth-order valence-electron chi connectivity index (χ4n) is 3.57. The van der Waals surface area contributed by atoms with Gasteiger partial charge in [0.1, 0.15) is 5.82 Å². The summed E-state index contributed by atoms with van der Waals surface area (Å²) in [5.74, 6) is 0.0217. The molecule has 0 aliphatic carbocycles. The van der Waals surface area contributed by atoms with E-state index in [1.165, 1.54) is 22.1 Å². The van der Waals surface area contributed by atoms with Crippen molar-refractivity contribution in [3.63, 3.8) is 0 Å². The van der Waals surface area contributed by atoms with Gasteiger partial charge >= 0.3 is 0 Å². The lowest BCUT2D eigenvalue weighted by atomic mass is 10.2. The zero-order chi connectivity index (χ0) is 23.6. The highest BCUT2D eigenvalue weighted by Crippen LogP contribution is 2.25. The highest BCUT2D eigenvalue weighted by atomic mass is 32.2. The highest BCUT2D eigenvalue weighted by Gasteiger charge is 2.30. The van der Waals surface area contributed by atoms with Crippen molar-refractivity contribution in [3.8, 4) is 11.4 Å². The summed E-state index contributed by atoms with van der Waals surface area (Å²) < 4.78 is 42.8. The van der Waals surface area contributed by atoms with Crippen LogP contribution in [0.2, 0.25) is 0 Å². The van der Waals surface area contributed by atoms with Crippen LogP contribution in [0.15, 0.2) is 58.6 Å². The molecule has 0 spiro atoms. The number of thioether (sulfide) groups is 1. The van der Waals surface area contributed by atoms with Crippen molar-refractivity contribution >= 4 is 27.7 Å². The first-order valence-electron chi connectivity index (χ1n) is 10.4. The number of halogens is 1. The number of piperazine rings is 1. The summed E-state index contributed by atoms with van der Waals surface area (Å²) in [7, 11) is -1.85. The Hall–Kier alpha value is -2.76. The molecule has 0 radical (unpaired) electrons. The normalized spacial score (nSPS) is 15.1. The van der Waals surface area contributed by atoms with Crippen molar-refractivity contribution in [2.45, 2.75) is 17.0 Å². The maximum atomic E-state index is 14.1. The topological polar surface area (TPSA) is 88.4 Å². The van der Waals surface area contributed by atoms with Crippen LogP contribution in [0.25, 0.3) is 11.4 Å². The average molecular weight is 490 g/mol. The molecular formula is C22H24FN5O3S2. The van der Waals surface area contributed by atoms with Gasteiger partial charge in [0.2, 0.25) is 15.9 Å². The second-order valence-corrected chi connectivity index (χ2v) is 10.6. The quantitative estimate of drug-likeness (QED) is 0.495. The summed E-state index contributed by atoms with van der Waals surface area (Å²) >= 11 is 1.22. The first-order chi connectivity index (χ1) is 15.8. The fraction of sp³-hybridized carbons (Fsp3) is 0.318. The molecule has 1 saturated heterocycles. The number of nitrogens with zero attached hydrogens (tertiary/aromatic N) is 5. The molecule has 1 fully saturated rings. The lowest BCUT2D eigenvalue weighted by Crippen LogP contribution is -2.50. The predicted octanol–water partition coefficient (Wildman–Crippen LogP) is 2.55. The molecule has 1 aliphatic rings. The van der Waals surface area contributed by atoms with Gasteiger partial charge in [0.15, 0.2) is 11.0 Å². The number of carbonyl (C=O) groups excluding carboxylic acids is 1. The summed E-state index contributed by atoms with van der Waals surface area (Å²) in [6.45, 7) is 3.04. The molecule has 0 atom stereocenters. The Balaban J connectivity index is 1.34. The van der Waals surface area contributed by atoms with Crippen LogP contribution in [-0.4, -0.2) is 70.2 Å². The third-order valence-corrected chi connectivity index (χ3v) is 8.44. The monoisotopic (exact) mass is 489 g/mol. The van der Waals surface area contributed by atoms with Crippen molar-refractivity contribution in [1.29, 1.82) is 0 Å². The minimum Gasteiger partial charge on any atom is -0.339 e. The Labute approximate surface area is 196 Å². The zero-order valence-corrected chi connectivity index (χ0v) is 19.9. The van der Waals surface area contributed by atoms with E-state index in [9.17, 15) is 17.6 Å². The van der Waals surface area contributed by atoms with Crippen LogP contribution >= 0.6 is 11.8 Å². The number of sulfonamides is 1. The second kappa shape index (κ2) is 9.62. The van der Waals surface area contributed by atoms with Gasteiger partial charge in [-0.3, -0.25) is 4.79 Å². The van der Waals surface area contributed by atoms with Gasteiger partial charge in [-0.15, -0.1) is 10.2 Å². The molecule has 174 valence electrons. The molecule has 0 bridgehead atoms. The molecule has 0 N–H and O–H groups in total. The molecule has 2 heterocycles. The molecule has 3 aromatic rings. The Kier molecular flexibility index (Phi) is 6.82. The van der Waals surface area contributed by atoms with Gasteiger partial charge in [0.25, 0.3) is 0 Å². The Morgan fingerprint density at radius 3 is 2.36 bits per heavy atom. The largest absolute Gasteiger partial charge is 0.339 e. The van der Waals surface area contributed by atoms with Crippen LogP contribution in [0.5, 0.6) is 0 Å². The summed E-state index contributed by atoms with van der Waals surface area (Å²) in [6, 6.07) is 13.1. The minimum absolute atomic E-state index is 0.108. The highest BCUT2D eigenvalue weighted by molar-refractivity contribution is 7.99. The molecule has 1 aliphatic heterocycles. The number of aromatic nitrogens is 3. The molecule has 0 saturated carbocycles. The molecule has 1 amide bonds. The molecule has 4 rings (SSSR count). The lowest BCUT2D eigenvalue weighted by Gasteiger charge is -2.34. The summed E-state index contributed by atoms with van der Waals surface area (Å²) in [6.07, 6.45) is 0. The number of benzene rings is 2. The van der Waals surface area contributed by atoms with E-state index in [0.717, 1.165) is 5.56 Å². The molecule has 33 heavy (non-hydrogen) atoms. The van der Waals surface area contributed by atoms with Crippen molar-refractivity contribution in [3.05, 3.63) is 59.9 Å². The van der Waals surface area contributed by atoms with Crippen molar-refractivity contribution in [1.82, 2.24) is 24.0 Å². The Morgan fingerprint density at radius 2 is 1.70 bits per heavy atom. The standard InChI is InChI=1S/C22H24FN5O3S2/c1-16-7-9-17(10-8-16)33(30,31)28-13-11-27(12-14-28)20(29)15-32-22-25-24-21(26(22)2)18-5-3-4-6-19(18)23/h3-10H,11-15H2,1-2H3. The van der Waals surface area contributed by atoms with E-state index in [2.05, 4.69) is 10.2 Å². The van der Waals surface area contributed by atoms with Gasteiger partial charge in [0, 0.05) is 33.2 Å². The number of rotatable bonds is 6. The van der Waals surface area contributed by atoms with E-state index >= 15 is 0 Å². The number of amides is 1. The number of hydrogen-bond acceptors (Lipinski definition) is 6. The van der Waals surface area contributed by atoms with Gasteiger partial charge in [-0.2, -0.15) is 4.31 Å². The van der Waals surface area contributed by atoms with Crippen LogP contribution in [0.4, 0.5) is 4.39 Å². The van der Waals surface area contributed by atoms with Crippen LogP contribution in [0.1, 0.15) is 5.56 Å². The van der Waals surface area contributed by atoms with E-state index in [-0.39, 0.29) is 35.5 Å². The zero-order valence-electron chi connectivity index (χ0n) is 18.3. The van der Waals surface area contributed by atoms with Crippen LogP contribution < -0.4 is 0 Å². The van der Waals surface area contributed by atoms with Crippen LogP contribution in [0.3, 0.4) is 0 Å². The summed E-state index contributed by atoms with van der Waals surface area (Å²) in [4.78, 5) is 14.6. The summed E-state index contributed by atoms with van der Waals surface area (Å²) in [5.41, 5.74) is 1.34. The molecule has 11 heteroatoms. The lowest BCUT2D eigenvalue weighted by molar-refractivity contribution is -0.129. The first-order valence-corrected chi connectivity index (χ1v) is 12.8. The van der Waals surface area contributed by atoms with Crippen molar-refractivity contribution in [2.75, 3.05) is 31.9 Å². The van der Waals surface area contributed by atoms with E-state index in [4.69, 9.17) is 0 Å². The Bertz CT molecular complexity index is 1250.